The number of hydrogen-bond acceptors (Lipinski definition) is 4. The molecule has 1 aliphatic heterocycles. The van der Waals surface area contributed by atoms with Crippen molar-refractivity contribution in [3.05, 3.63) is 102 Å². The van der Waals surface area contributed by atoms with Gasteiger partial charge in [0.1, 0.15) is 5.82 Å². The zero-order valence-corrected chi connectivity index (χ0v) is 18.0. The normalized spacial score (nSPS) is 13.8. The molecule has 1 aliphatic rings. The summed E-state index contributed by atoms with van der Waals surface area (Å²) >= 11 is 0. The molecule has 0 unspecified atom stereocenters. The van der Waals surface area contributed by atoms with Gasteiger partial charge in [-0.2, -0.15) is 0 Å². The molecule has 0 saturated carbocycles. The first kappa shape index (κ1) is 19.8. The summed E-state index contributed by atoms with van der Waals surface area (Å²) in [6.07, 6.45) is 6.38. The number of H-pyrrole nitrogens is 1. The van der Waals surface area contributed by atoms with Gasteiger partial charge in [-0.05, 0) is 53.6 Å². The number of halogens is 1. The molecule has 6 heteroatoms. The molecule has 1 N–H and O–H groups in total. The van der Waals surface area contributed by atoms with E-state index >= 15 is 0 Å². The van der Waals surface area contributed by atoms with Crippen LogP contribution in [0.4, 0.5) is 4.39 Å². The minimum absolute atomic E-state index is 0.227. The lowest BCUT2D eigenvalue weighted by Crippen LogP contribution is -2.31. The molecule has 3 aromatic heterocycles. The van der Waals surface area contributed by atoms with Crippen molar-refractivity contribution in [2.75, 3.05) is 6.54 Å². The fraction of sp³-hybridized carbons (Fsp3) is 0.148. The third-order valence-corrected chi connectivity index (χ3v) is 6.26. The molecule has 0 spiro atoms. The van der Waals surface area contributed by atoms with E-state index in [4.69, 9.17) is 4.98 Å². The van der Waals surface area contributed by atoms with Crippen molar-refractivity contribution in [3.63, 3.8) is 0 Å². The van der Waals surface area contributed by atoms with Gasteiger partial charge >= 0.3 is 0 Å². The van der Waals surface area contributed by atoms with Crippen LogP contribution in [0, 0.1) is 5.82 Å². The van der Waals surface area contributed by atoms with Crippen LogP contribution in [0.2, 0.25) is 0 Å². The van der Waals surface area contributed by atoms with E-state index < -0.39 is 0 Å². The van der Waals surface area contributed by atoms with E-state index in [1.807, 2.05) is 36.5 Å². The first-order valence-electron chi connectivity index (χ1n) is 11.1. The van der Waals surface area contributed by atoms with Gasteiger partial charge in [-0.1, -0.05) is 18.2 Å². The molecule has 6 rings (SSSR count). The van der Waals surface area contributed by atoms with Gasteiger partial charge in [0, 0.05) is 66.7 Å². The fourth-order valence-electron chi connectivity index (χ4n) is 4.59. The number of para-hydroxylation sites is 1. The van der Waals surface area contributed by atoms with E-state index in [0.29, 0.717) is 0 Å². The quantitative estimate of drug-likeness (QED) is 0.412. The Labute approximate surface area is 191 Å². The van der Waals surface area contributed by atoms with Crippen LogP contribution in [0.5, 0.6) is 0 Å². The molecule has 162 valence electrons. The van der Waals surface area contributed by atoms with Gasteiger partial charge in [-0.15, -0.1) is 0 Å². The maximum Gasteiger partial charge on any atom is 0.160 e. The summed E-state index contributed by atoms with van der Waals surface area (Å²) in [5.74, 6) is 0.500. The van der Waals surface area contributed by atoms with Crippen LogP contribution >= 0.6 is 0 Å². The summed E-state index contributed by atoms with van der Waals surface area (Å²) < 4.78 is 13.5. The lowest BCUT2D eigenvalue weighted by molar-refractivity contribution is 0.244. The Morgan fingerprint density at radius 1 is 0.939 bits per heavy atom. The van der Waals surface area contributed by atoms with Gasteiger partial charge in [-0.25, -0.2) is 14.4 Å². The zero-order chi connectivity index (χ0) is 22.2. The Balaban J connectivity index is 1.31. The van der Waals surface area contributed by atoms with Crippen molar-refractivity contribution >= 4 is 10.9 Å². The Morgan fingerprint density at radius 2 is 1.82 bits per heavy atom. The molecule has 33 heavy (non-hydrogen) atoms. The highest BCUT2D eigenvalue weighted by molar-refractivity contribution is 5.90. The molecule has 0 bridgehead atoms. The monoisotopic (exact) mass is 435 g/mol. The van der Waals surface area contributed by atoms with E-state index in [-0.39, 0.29) is 5.82 Å². The van der Waals surface area contributed by atoms with Crippen LogP contribution in [-0.2, 0) is 19.5 Å². The van der Waals surface area contributed by atoms with Gasteiger partial charge in [-0.3, -0.25) is 9.88 Å². The molecule has 0 amide bonds. The molecule has 0 fully saturated rings. The summed E-state index contributed by atoms with van der Waals surface area (Å²) in [5.41, 5.74) is 7.57. The molecule has 0 radical (unpaired) electrons. The molecule has 5 aromatic rings. The summed E-state index contributed by atoms with van der Waals surface area (Å²) in [4.78, 5) is 19.6. The second kappa shape index (κ2) is 8.22. The van der Waals surface area contributed by atoms with Crippen molar-refractivity contribution in [2.24, 2.45) is 0 Å². The molecular weight excluding hydrogens is 413 g/mol. The number of hydrogen-bond donors (Lipinski definition) is 1. The number of rotatable bonds is 4. The smallest absolute Gasteiger partial charge is 0.160 e. The lowest BCUT2D eigenvalue weighted by atomic mass is 10.0. The first-order chi connectivity index (χ1) is 16.2. The number of nitrogens with zero attached hydrogens (tertiary/aromatic N) is 4. The van der Waals surface area contributed by atoms with E-state index in [9.17, 15) is 4.39 Å². The van der Waals surface area contributed by atoms with Crippen molar-refractivity contribution in [1.82, 2.24) is 24.8 Å². The average molecular weight is 436 g/mol. The third kappa shape index (κ3) is 3.79. The largest absolute Gasteiger partial charge is 0.354 e. The number of nitrogens with one attached hydrogen (secondary N) is 1. The van der Waals surface area contributed by atoms with Gasteiger partial charge in [0.25, 0.3) is 0 Å². The number of benzene rings is 2. The highest BCUT2D eigenvalue weighted by Gasteiger charge is 2.22. The number of fused-ring (bicyclic) bond motifs is 2. The zero-order valence-electron chi connectivity index (χ0n) is 18.0. The van der Waals surface area contributed by atoms with Gasteiger partial charge in [0.15, 0.2) is 5.82 Å². The van der Waals surface area contributed by atoms with E-state index in [1.54, 1.807) is 12.4 Å². The molecule has 5 nitrogen and oxygen atoms in total. The number of pyridine rings is 1. The van der Waals surface area contributed by atoms with Gasteiger partial charge in [0.05, 0.1) is 11.4 Å². The highest BCUT2D eigenvalue weighted by Crippen LogP contribution is 2.32. The van der Waals surface area contributed by atoms with Crippen molar-refractivity contribution in [2.45, 2.75) is 19.5 Å². The first-order valence-corrected chi connectivity index (χ1v) is 11.1. The molecule has 2 aromatic carbocycles. The predicted molar refractivity (Wildman–Crippen MR) is 127 cm³/mol. The summed E-state index contributed by atoms with van der Waals surface area (Å²) in [5, 5.41) is 1.20. The molecule has 0 atom stereocenters. The standard InChI is InChI=1S/C27H22FN5/c28-21-9-7-18(8-10-21)26-23(22-5-1-2-6-25(22)31-26)17-33-13-11-24-20(16-33)15-30-27(32-24)19-4-3-12-29-14-19/h1-10,12,14-15,31H,11,13,16-17H2. The van der Waals surface area contributed by atoms with Gasteiger partial charge < -0.3 is 4.98 Å². The minimum atomic E-state index is -0.227. The Kier molecular flexibility index (Phi) is 4.92. The second-order valence-corrected chi connectivity index (χ2v) is 8.40. The summed E-state index contributed by atoms with van der Waals surface area (Å²) in [7, 11) is 0. The lowest BCUT2D eigenvalue weighted by Gasteiger charge is -2.28. The minimum Gasteiger partial charge on any atom is -0.354 e. The second-order valence-electron chi connectivity index (χ2n) is 8.40. The third-order valence-electron chi connectivity index (χ3n) is 6.26. The SMILES string of the molecule is Fc1ccc(-c2[nH]c3ccccc3c2CN2CCc3nc(-c4cccnc4)ncc3C2)cc1. The number of aromatic amines is 1. The molecule has 4 heterocycles. The molecule has 0 saturated heterocycles. The maximum absolute atomic E-state index is 13.5. The number of aromatic nitrogens is 4. The topological polar surface area (TPSA) is 57.7 Å². The van der Waals surface area contributed by atoms with E-state index in [0.717, 1.165) is 65.5 Å². The van der Waals surface area contributed by atoms with Crippen molar-refractivity contribution in [1.29, 1.82) is 0 Å². The van der Waals surface area contributed by atoms with Gasteiger partial charge in [0.2, 0.25) is 0 Å². The highest BCUT2D eigenvalue weighted by atomic mass is 19.1. The fourth-order valence-corrected chi connectivity index (χ4v) is 4.59. The van der Waals surface area contributed by atoms with Crippen LogP contribution in [0.3, 0.4) is 0 Å². The molecule has 0 aliphatic carbocycles. The van der Waals surface area contributed by atoms with Crippen LogP contribution in [0.1, 0.15) is 16.8 Å². The van der Waals surface area contributed by atoms with E-state index in [1.165, 1.54) is 23.1 Å². The maximum atomic E-state index is 13.5. The Hall–Kier alpha value is -3.90. The van der Waals surface area contributed by atoms with Crippen LogP contribution < -0.4 is 0 Å². The van der Waals surface area contributed by atoms with Crippen LogP contribution in [0.25, 0.3) is 33.5 Å². The molecular formula is C27H22FN5. The van der Waals surface area contributed by atoms with Crippen LogP contribution in [0.15, 0.2) is 79.3 Å². The summed E-state index contributed by atoms with van der Waals surface area (Å²) in [6, 6.07) is 18.9. The average Bonchev–Trinajstić information content (AvgIpc) is 3.23. The van der Waals surface area contributed by atoms with E-state index in [2.05, 4.69) is 38.1 Å². The van der Waals surface area contributed by atoms with Crippen molar-refractivity contribution < 1.29 is 4.39 Å². The van der Waals surface area contributed by atoms with Crippen LogP contribution in [-0.4, -0.2) is 31.4 Å². The van der Waals surface area contributed by atoms with Crippen molar-refractivity contribution in [3.8, 4) is 22.6 Å². The Morgan fingerprint density at radius 3 is 2.67 bits per heavy atom. The predicted octanol–water partition coefficient (Wildman–Crippen LogP) is 5.38. The summed E-state index contributed by atoms with van der Waals surface area (Å²) in [6.45, 7) is 2.50. The Bertz CT molecular complexity index is 1430.